The van der Waals surface area contributed by atoms with Crippen molar-refractivity contribution in [2.24, 2.45) is 0 Å². The van der Waals surface area contributed by atoms with Gasteiger partial charge in [0.15, 0.2) is 6.29 Å². The minimum absolute atomic E-state index is 0.152. The van der Waals surface area contributed by atoms with Crippen LogP contribution in [0.2, 0.25) is 0 Å². The highest BCUT2D eigenvalue weighted by Gasteiger charge is 2.36. The maximum atomic E-state index is 6.21. The molecule has 3 heteroatoms. The predicted molar refractivity (Wildman–Crippen MR) is 118 cm³/mol. The van der Waals surface area contributed by atoms with E-state index < -0.39 is 6.29 Å². The van der Waals surface area contributed by atoms with Crippen LogP contribution in [0.25, 0.3) is 0 Å². The van der Waals surface area contributed by atoms with Gasteiger partial charge in [0.1, 0.15) is 18.8 Å². The summed E-state index contributed by atoms with van der Waals surface area (Å²) >= 11 is 0. The van der Waals surface area contributed by atoms with Crippen molar-refractivity contribution in [3.63, 3.8) is 0 Å². The standard InChI is InChI=1S/C27H24O3/c1-4-12-22(13-5-1)14-10-20-28-21-11-19-25-29-26(23-15-6-2-7-16-23)27(30-25)24-17-8-3-9-18-24/h1-9,11-13,15-19,25-27H,20-21H2/b19-11+/t26-,27-/m1/s1. The van der Waals surface area contributed by atoms with Gasteiger partial charge in [0, 0.05) is 5.56 Å². The highest BCUT2D eigenvalue weighted by atomic mass is 16.7. The summed E-state index contributed by atoms with van der Waals surface area (Å²) < 4.78 is 18.0. The highest BCUT2D eigenvalue weighted by Crippen LogP contribution is 2.42. The largest absolute Gasteiger partial charge is 0.365 e. The molecule has 0 aromatic heterocycles. The zero-order chi connectivity index (χ0) is 20.4. The van der Waals surface area contributed by atoms with Crippen LogP contribution >= 0.6 is 0 Å². The monoisotopic (exact) mass is 396 g/mol. The van der Waals surface area contributed by atoms with E-state index in [0.717, 1.165) is 16.7 Å². The van der Waals surface area contributed by atoms with Crippen molar-refractivity contribution in [3.05, 3.63) is 120 Å². The normalized spacial score (nSPS) is 18.9. The van der Waals surface area contributed by atoms with E-state index in [-0.39, 0.29) is 12.2 Å². The van der Waals surface area contributed by atoms with Gasteiger partial charge in [0.2, 0.25) is 0 Å². The second kappa shape index (κ2) is 10.6. The Morgan fingerprint density at radius 2 is 1.27 bits per heavy atom. The van der Waals surface area contributed by atoms with Crippen molar-refractivity contribution in [2.75, 3.05) is 13.2 Å². The summed E-state index contributed by atoms with van der Waals surface area (Å²) in [5.41, 5.74) is 3.20. The Bertz CT molecular complexity index is 940. The second-order valence-corrected chi connectivity index (χ2v) is 6.91. The van der Waals surface area contributed by atoms with Gasteiger partial charge < -0.3 is 14.2 Å². The topological polar surface area (TPSA) is 27.7 Å². The summed E-state index contributed by atoms with van der Waals surface area (Å²) in [7, 11) is 0. The van der Waals surface area contributed by atoms with Gasteiger partial charge in [-0.25, -0.2) is 0 Å². The molecule has 0 radical (unpaired) electrons. The van der Waals surface area contributed by atoms with Crippen molar-refractivity contribution >= 4 is 0 Å². The molecule has 1 aliphatic heterocycles. The fraction of sp³-hybridized carbons (Fsp3) is 0.185. The Morgan fingerprint density at radius 1 is 0.733 bits per heavy atom. The molecule has 1 saturated heterocycles. The van der Waals surface area contributed by atoms with E-state index in [9.17, 15) is 0 Å². The maximum absolute atomic E-state index is 6.21. The third kappa shape index (κ3) is 5.46. The molecule has 1 fully saturated rings. The molecule has 0 amide bonds. The summed E-state index contributed by atoms with van der Waals surface area (Å²) in [5, 5.41) is 0. The van der Waals surface area contributed by atoms with Gasteiger partial charge in [0.05, 0.1) is 6.61 Å². The molecule has 0 N–H and O–H groups in total. The maximum Gasteiger partial charge on any atom is 0.178 e. The van der Waals surface area contributed by atoms with Gasteiger partial charge in [-0.2, -0.15) is 0 Å². The summed E-state index contributed by atoms with van der Waals surface area (Å²) in [6, 6.07) is 30.3. The lowest BCUT2D eigenvalue weighted by atomic mass is 9.99. The second-order valence-electron chi connectivity index (χ2n) is 6.91. The fourth-order valence-electron chi connectivity index (χ4n) is 3.35. The molecule has 3 aromatic carbocycles. The average Bonchev–Trinajstić information content (AvgIpc) is 3.24. The molecule has 30 heavy (non-hydrogen) atoms. The van der Waals surface area contributed by atoms with E-state index in [1.165, 1.54) is 0 Å². The van der Waals surface area contributed by atoms with Gasteiger partial charge in [-0.1, -0.05) is 96.8 Å². The van der Waals surface area contributed by atoms with Crippen molar-refractivity contribution in [1.29, 1.82) is 0 Å². The molecule has 1 aliphatic rings. The molecule has 3 nitrogen and oxygen atoms in total. The first-order chi connectivity index (χ1) is 14.9. The quantitative estimate of drug-likeness (QED) is 0.314. The fourth-order valence-corrected chi connectivity index (χ4v) is 3.35. The average molecular weight is 396 g/mol. The van der Waals surface area contributed by atoms with Crippen LogP contribution < -0.4 is 0 Å². The number of rotatable bonds is 6. The number of ether oxygens (including phenoxy) is 3. The summed E-state index contributed by atoms with van der Waals surface area (Å²) in [4.78, 5) is 0. The molecule has 3 aromatic rings. The predicted octanol–water partition coefficient (Wildman–Crippen LogP) is 5.47. The van der Waals surface area contributed by atoms with E-state index in [4.69, 9.17) is 14.2 Å². The first-order valence-electron chi connectivity index (χ1n) is 10.1. The van der Waals surface area contributed by atoms with Crippen LogP contribution in [-0.2, 0) is 14.2 Å². The van der Waals surface area contributed by atoms with Gasteiger partial charge in [-0.3, -0.25) is 0 Å². The Balaban J connectivity index is 1.33. The zero-order valence-corrected chi connectivity index (χ0v) is 16.7. The molecule has 1 heterocycles. The van der Waals surface area contributed by atoms with Gasteiger partial charge in [-0.15, -0.1) is 0 Å². The van der Waals surface area contributed by atoms with Crippen LogP contribution in [0.4, 0.5) is 0 Å². The van der Waals surface area contributed by atoms with E-state index in [1.807, 2.05) is 78.9 Å². The Morgan fingerprint density at radius 3 is 1.83 bits per heavy atom. The molecule has 150 valence electrons. The summed E-state index contributed by atoms with van der Waals surface area (Å²) in [5.74, 6) is 6.09. The molecule has 0 saturated carbocycles. The van der Waals surface area contributed by atoms with Crippen LogP contribution in [-0.4, -0.2) is 19.5 Å². The van der Waals surface area contributed by atoms with E-state index >= 15 is 0 Å². The first-order valence-corrected chi connectivity index (χ1v) is 10.1. The minimum atomic E-state index is -0.417. The Kier molecular flexibility index (Phi) is 7.09. The van der Waals surface area contributed by atoms with Crippen molar-refractivity contribution in [3.8, 4) is 11.8 Å². The lowest BCUT2D eigenvalue weighted by molar-refractivity contribution is -0.0295. The molecule has 0 unspecified atom stereocenters. The van der Waals surface area contributed by atoms with Gasteiger partial charge in [-0.05, 0) is 29.3 Å². The smallest absolute Gasteiger partial charge is 0.178 e. The lowest BCUT2D eigenvalue weighted by Crippen LogP contribution is -2.06. The van der Waals surface area contributed by atoms with Gasteiger partial charge >= 0.3 is 0 Å². The van der Waals surface area contributed by atoms with Crippen LogP contribution in [0.1, 0.15) is 28.9 Å². The molecule has 0 aliphatic carbocycles. The molecule has 2 atom stereocenters. The van der Waals surface area contributed by atoms with E-state index in [0.29, 0.717) is 13.2 Å². The van der Waals surface area contributed by atoms with Crippen LogP contribution in [0.3, 0.4) is 0 Å². The van der Waals surface area contributed by atoms with Crippen LogP contribution in [0.15, 0.2) is 103 Å². The number of hydrogen-bond donors (Lipinski definition) is 0. The lowest BCUT2D eigenvalue weighted by Gasteiger charge is -2.17. The molecule has 0 spiro atoms. The van der Waals surface area contributed by atoms with E-state index in [1.54, 1.807) is 0 Å². The Hall–Kier alpha value is -3.16. The molecular formula is C27H24O3. The van der Waals surface area contributed by atoms with E-state index in [2.05, 4.69) is 36.1 Å². The van der Waals surface area contributed by atoms with Crippen LogP contribution in [0.5, 0.6) is 0 Å². The molecule has 4 rings (SSSR count). The van der Waals surface area contributed by atoms with Crippen molar-refractivity contribution < 1.29 is 14.2 Å². The number of hydrogen-bond acceptors (Lipinski definition) is 3. The third-order valence-electron chi connectivity index (χ3n) is 4.78. The number of benzene rings is 3. The Labute approximate surface area is 177 Å². The SMILES string of the molecule is C(#Cc1ccccc1)COC/C=C/C1O[C@H](c2ccccc2)[C@@H](c2ccccc2)O1. The summed E-state index contributed by atoms with van der Waals surface area (Å²) in [6.07, 6.45) is 3.11. The molecule has 0 bridgehead atoms. The first kappa shape index (κ1) is 20.1. The highest BCUT2D eigenvalue weighted by molar-refractivity contribution is 5.33. The zero-order valence-electron chi connectivity index (χ0n) is 16.7. The minimum Gasteiger partial charge on any atom is -0.365 e. The summed E-state index contributed by atoms with van der Waals surface area (Å²) in [6.45, 7) is 0.837. The van der Waals surface area contributed by atoms with Crippen LogP contribution in [0, 0.1) is 11.8 Å². The van der Waals surface area contributed by atoms with Gasteiger partial charge in [0.25, 0.3) is 0 Å². The third-order valence-corrected chi connectivity index (χ3v) is 4.78. The van der Waals surface area contributed by atoms with Crippen molar-refractivity contribution in [2.45, 2.75) is 18.5 Å². The van der Waals surface area contributed by atoms with Crippen molar-refractivity contribution in [1.82, 2.24) is 0 Å². The molecular weight excluding hydrogens is 372 g/mol.